The van der Waals surface area contributed by atoms with Gasteiger partial charge < -0.3 is 19.5 Å². The molecule has 39 heavy (non-hydrogen) atoms. The normalized spacial score (nSPS) is 21.2. The molecular weight excluding hydrogens is 507 g/mol. The van der Waals surface area contributed by atoms with Crippen molar-refractivity contribution < 1.29 is 22.7 Å². The summed E-state index contributed by atoms with van der Waals surface area (Å²) in [6.45, 7) is 3.49. The van der Waals surface area contributed by atoms with Crippen molar-refractivity contribution in [1.29, 1.82) is 0 Å². The van der Waals surface area contributed by atoms with Crippen molar-refractivity contribution in [2.24, 2.45) is 13.0 Å². The zero-order valence-electron chi connectivity index (χ0n) is 22.1. The summed E-state index contributed by atoms with van der Waals surface area (Å²) in [5, 5.41) is 11.8. The molecule has 1 N–H and O–H groups in total. The van der Waals surface area contributed by atoms with E-state index in [1.54, 1.807) is 18.5 Å². The average Bonchev–Trinajstić information content (AvgIpc) is 3.63. The highest BCUT2D eigenvalue weighted by atomic mass is 19.4. The molecule has 10 heteroatoms. The minimum atomic E-state index is -4.56. The number of alkyl halides is 3. The highest BCUT2D eigenvalue weighted by molar-refractivity contribution is 6.10. The van der Waals surface area contributed by atoms with E-state index in [2.05, 4.69) is 22.4 Å². The second kappa shape index (κ2) is 9.75. The molecule has 3 aliphatic rings. The third-order valence-corrected chi connectivity index (χ3v) is 8.59. The van der Waals surface area contributed by atoms with Crippen molar-refractivity contribution in [2.45, 2.75) is 63.3 Å². The summed E-state index contributed by atoms with van der Waals surface area (Å²) in [4.78, 5) is 15.1. The molecule has 2 fully saturated rings. The van der Waals surface area contributed by atoms with Gasteiger partial charge in [-0.15, -0.1) is 10.2 Å². The minimum Gasteiger partial charge on any atom is -0.381 e. The van der Waals surface area contributed by atoms with E-state index in [9.17, 15) is 18.0 Å². The van der Waals surface area contributed by atoms with Crippen molar-refractivity contribution >= 4 is 11.6 Å². The third kappa shape index (κ3) is 4.84. The van der Waals surface area contributed by atoms with Crippen LogP contribution in [0.5, 0.6) is 0 Å². The van der Waals surface area contributed by atoms with E-state index < -0.39 is 17.6 Å². The molecule has 1 amide bonds. The Morgan fingerprint density at radius 1 is 1.23 bits per heavy atom. The summed E-state index contributed by atoms with van der Waals surface area (Å²) in [7, 11) is 1.89. The number of aromatic nitrogens is 3. The van der Waals surface area contributed by atoms with Gasteiger partial charge in [-0.3, -0.25) is 4.79 Å². The Kier molecular flexibility index (Phi) is 6.50. The van der Waals surface area contributed by atoms with E-state index in [0.29, 0.717) is 31.0 Å². The van der Waals surface area contributed by atoms with Gasteiger partial charge in [0, 0.05) is 42.9 Å². The van der Waals surface area contributed by atoms with Crippen molar-refractivity contribution in [3.05, 3.63) is 76.4 Å². The number of fused-ring (bicyclic) bond motifs is 1. The van der Waals surface area contributed by atoms with E-state index in [4.69, 9.17) is 4.74 Å². The van der Waals surface area contributed by atoms with Crippen LogP contribution in [0.3, 0.4) is 0 Å². The number of ether oxygens (including phenoxy) is 1. The Bertz CT molecular complexity index is 1390. The van der Waals surface area contributed by atoms with Crippen molar-refractivity contribution in [2.75, 3.05) is 18.1 Å². The Balaban J connectivity index is 1.33. The first-order chi connectivity index (χ1) is 18.6. The number of hydrogen-bond acceptors (Lipinski definition) is 5. The number of amides is 1. The molecule has 6 rings (SSSR count). The molecule has 0 bridgehead atoms. The number of carbonyl (C=O) groups is 1. The van der Waals surface area contributed by atoms with Gasteiger partial charge in [-0.05, 0) is 79.5 Å². The smallest absolute Gasteiger partial charge is 0.381 e. The number of benzene rings is 2. The Morgan fingerprint density at radius 3 is 2.69 bits per heavy atom. The van der Waals surface area contributed by atoms with Gasteiger partial charge in [0.2, 0.25) is 0 Å². The summed E-state index contributed by atoms with van der Waals surface area (Å²) >= 11 is 0. The summed E-state index contributed by atoms with van der Waals surface area (Å²) < 4.78 is 50.1. The molecule has 7 nitrogen and oxygen atoms in total. The Hall–Kier alpha value is -3.24. The lowest BCUT2D eigenvalue weighted by molar-refractivity contribution is -0.138. The lowest BCUT2D eigenvalue weighted by Gasteiger charge is -2.39. The standard InChI is InChI=1S/C29H32F3N5O2/c1-28(8-4-9-28)33-14-18-11-22-23(24(12-18)29(30,31)32)15-37(27(22)38)21-6-3-5-19(13-21)25(20-7-10-39-16-20)26-35-34-17-36(26)2/h3,5-6,11-13,17,20,25,33H,4,7-10,14-16H2,1-2H3/t20?,25-/m1/s1. The highest BCUT2D eigenvalue weighted by Gasteiger charge is 2.41. The molecule has 1 unspecified atom stereocenters. The van der Waals surface area contributed by atoms with Crippen LogP contribution in [0.1, 0.15) is 77.0 Å². The summed E-state index contributed by atoms with van der Waals surface area (Å²) in [5.74, 6) is 0.439. The largest absolute Gasteiger partial charge is 0.416 e. The fourth-order valence-corrected chi connectivity index (χ4v) is 6.14. The molecule has 206 valence electrons. The molecular formula is C29H32F3N5O2. The van der Waals surface area contributed by atoms with Crippen LogP contribution in [0, 0.1) is 5.92 Å². The van der Waals surface area contributed by atoms with Crippen molar-refractivity contribution in [1.82, 2.24) is 20.1 Å². The van der Waals surface area contributed by atoms with Crippen LogP contribution >= 0.6 is 0 Å². The maximum atomic E-state index is 14.2. The van der Waals surface area contributed by atoms with Crippen molar-refractivity contribution in [3.63, 3.8) is 0 Å². The zero-order valence-corrected chi connectivity index (χ0v) is 22.1. The van der Waals surface area contributed by atoms with Crippen LogP contribution in [0.4, 0.5) is 18.9 Å². The fourth-order valence-electron chi connectivity index (χ4n) is 6.14. The zero-order chi connectivity index (χ0) is 27.4. The van der Waals surface area contributed by atoms with Crippen LogP contribution in [-0.4, -0.2) is 39.4 Å². The van der Waals surface area contributed by atoms with Crippen LogP contribution in [0.2, 0.25) is 0 Å². The number of aryl methyl sites for hydroxylation is 1. The van der Waals surface area contributed by atoms with Crippen molar-refractivity contribution in [3.8, 4) is 0 Å². The second-order valence-electron chi connectivity index (χ2n) is 11.3. The van der Waals surface area contributed by atoms with Gasteiger partial charge in [0.15, 0.2) is 0 Å². The number of nitrogens with one attached hydrogen (secondary N) is 1. The van der Waals surface area contributed by atoms with Crippen LogP contribution in [0.25, 0.3) is 0 Å². The van der Waals surface area contributed by atoms with Crippen LogP contribution < -0.4 is 10.2 Å². The maximum absolute atomic E-state index is 14.2. The molecule has 2 aromatic carbocycles. The Morgan fingerprint density at radius 2 is 2.05 bits per heavy atom. The predicted molar refractivity (Wildman–Crippen MR) is 139 cm³/mol. The number of carbonyl (C=O) groups excluding carboxylic acids is 1. The molecule has 1 aliphatic carbocycles. The highest BCUT2D eigenvalue weighted by Crippen LogP contribution is 2.42. The predicted octanol–water partition coefficient (Wildman–Crippen LogP) is 5.19. The third-order valence-electron chi connectivity index (χ3n) is 8.59. The number of halogens is 3. The second-order valence-corrected chi connectivity index (χ2v) is 11.3. The molecule has 0 spiro atoms. The minimum absolute atomic E-state index is 0.0329. The number of rotatable bonds is 7. The van der Waals surface area contributed by atoms with Gasteiger partial charge in [0.25, 0.3) is 5.91 Å². The number of hydrogen-bond donors (Lipinski definition) is 1. The molecule has 3 aromatic rings. The van der Waals surface area contributed by atoms with Gasteiger partial charge in [-0.1, -0.05) is 12.1 Å². The average molecular weight is 540 g/mol. The maximum Gasteiger partial charge on any atom is 0.416 e. The Labute approximate surface area is 225 Å². The van der Waals surface area contributed by atoms with Crippen LogP contribution in [0.15, 0.2) is 42.7 Å². The van der Waals surface area contributed by atoms with E-state index in [-0.39, 0.29) is 35.0 Å². The number of anilines is 1. The SMILES string of the molecule is Cn1cnnc1[C@H](c1cccc(N2Cc3c(cc(CNC4(C)CCC4)cc3C(F)(F)F)C2=O)c1)C1CCOC1. The molecule has 0 radical (unpaired) electrons. The van der Waals surface area contributed by atoms with E-state index in [1.807, 2.05) is 29.8 Å². The van der Waals surface area contributed by atoms with Gasteiger partial charge in [-0.25, -0.2) is 0 Å². The lowest BCUT2D eigenvalue weighted by atomic mass is 9.78. The molecule has 1 saturated heterocycles. The van der Waals surface area contributed by atoms with Gasteiger partial charge in [0.05, 0.1) is 18.7 Å². The van der Waals surface area contributed by atoms with Gasteiger partial charge in [-0.2, -0.15) is 13.2 Å². The first kappa shape index (κ1) is 26.0. The summed E-state index contributed by atoms with van der Waals surface area (Å²) in [6, 6.07) is 10.3. The quantitative estimate of drug-likeness (QED) is 0.447. The monoisotopic (exact) mass is 539 g/mol. The molecule has 1 saturated carbocycles. The topological polar surface area (TPSA) is 72.3 Å². The molecule has 2 aliphatic heterocycles. The van der Waals surface area contributed by atoms with E-state index in [0.717, 1.165) is 37.1 Å². The molecule has 1 aromatic heterocycles. The van der Waals surface area contributed by atoms with Gasteiger partial charge >= 0.3 is 6.18 Å². The lowest BCUT2D eigenvalue weighted by Crippen LogP contribution is -2.47. The van der Waals surface area contributed by atoms with Crippen LogP contribution in [-0.2, 0) is 31.1 Å². The molecule has 2 atom stereocenters. The van der Waals surface area contributed by atoms with E-state index >= 15 is 0 Å². The number of nitrogens with zero attached hydrogens (tertiary/aromatic N) is 4. The summed E-state index contributed by atoms with van der Waals surface area (Å²) in [6.07, 6.45) is 1.06. The van der Waals surface area contributed by atoms with E-state index in [1.165, 1.54) is 11.0 Å². The first-order valence-electron chi connectivity index (χ1n) is 13.4. The summed E-state index contributed by atoms with van der Waals surface area (Å²) in [5.41, 5.74) is 1.33. The fraction of sp³-hybridized carbons (Fsp3) is 0.483. The van der Waals surface area contributed by atoms with Gasteiger partial charge in [0.1, 0.15) is 12.2 Å². The molecule has 3 heterocycles. The first-order valence-corrected chi connectivity index (χ1v) is 13.4.